The van der Waals surface area contributed by atoms with Gasteiger partial charge in [0.2, 0.25) is 0 Å². The summed E-state index contributed by atoms with van der Waals surface area (Å²) in [5, 5.41) is 2.05. The van der Waals surface area contributed by atoms with E-state index in [1.54, 1.807) is 34.4 Å². The number of rotatable bonds is 1. The predicted octanol–water partition coefficient (Wildman–Crippen LogP) is 3.65. The normalized spacial score (nSPS) is 18.2. The second-order valence-electron chi connectivity index (χ2n) is 4.70. The van der Waals surface area contributed by atoms with E-state index in [-0.39, 0.29) is 17.5 Å². The summed E-state index contributed by atoms with van der Waals surface area (Å²) in [6.45, 7) is 2.66. The number of hydrogen-bond donors (Lipinski definition) is 0. The molecule has 0 N–H and O–H groups in total. The van der Waals surface area contributed by atoms with Gasteiger partial charge in [-0.25, -0.2) is 4.39 Å². The second-order valence-corrected chi connectivity index (χ2v) is 5.70. The molecular formula is C15H14FNOS. The number of nitrogens with zero attached hydrogens (tertiary/aromatic N) is 1. The van der Waals surface area contributed by atoms with Gasteiger partial charge in [0, 0.05) is 11.4 Å². The molecule has 1 amide bonds. The predicted molar refractivity (Wildman–Crippen MR) is 73.9 cm³/mol. The monoisotopic (exact) mass is 275 g/mol. The maximum atomic E-state index is 13.7. The van der Waals surface area contributed by atoms with Gasteiger partial charge in [-0.3, -0.25) is 4.79 Å². The third kappa shape index (κ3) is 2.06. The molecule has 1 aliphatic rings. The first-order valence-corrected chi connectivity index (χ1v) is 7.18. The molecule has 4 heteroatoms. The van der Waals surface area contributed by atoms with E-state index in [0.29, 0.717) is 6.54 Å². The van der Waals surface area contributed by atoms with Crippen LogP contribution >= 0.6 is 11.3 Å². The summed E-state index contributed by atoms with van der Waals surface area (Å²) in [6, 6.07) is 8.25. The zero-order chi connectivity index (χ0) is 13.4. The van der Waals surface area contributed by atoms with Crippen molar-refractivity contribution in [2.24, 2.45) is 0 Å². The highest BCUT2D eigenvalue weighted by atomic mass is 32.1. The van der Waals surface area contributed by atoms with E-state index in [2.05, 4.69) is 11.4 Å². The fourth-order valence-electron chi connectivity index (χ4n) is 2.58. The third-order valence-corrected chi connectivity index (χ3v) is 4.64. The number of carbonyl (C=O) groups is 1. The summed E-state index contributed by atoms with van der Waals surface area (Å²) in [6.07, 6.45) is 0.859. The largest absolute Gasteiger partial charge is 0.331 e. The van der Waals surface area contributed by atoms with Crippen LogP contribution in [0, 0.1) is 5.82 Å². The first-order valence-electron chi connectivity index (χ1n) is 6.30. The Morgan fingerprint density at radius 3 is 2.95 bits per heavy atom. The topological polar surface area (TPSA) is 20.3 Å². The van der Waals surface area contributed by atoms with Crippen LogP contribution in [0.1, 0.15) is 33.8 Å². The summed E-state index contributed by atoms with van der Waals surface area (Å²) < 4.78 is 13.7. The van der Waals surface area contributed by atoms with Crippen molar-refractivity contribution in [3.8, 4) is 0 Å². The van der Waals surface area contributed by atoms with E-state index < -0.39 is 5.82 Å². The average Bonchev–Trinajstić information content (AvgIpc) is 2.88. The minimum absolute atomic E-state index is 0.0158. The average molecular weight is 275 g/mol. The Morgan fingerprint density at radius 2 is 2.16 bits per heavy atom. The van der Waals surface area contributed by atoms with E-state index in [1.165, 1.54) is 16.5 Å². The third-order valence-electron chi connectivity index (χ3n) is 3.64. The molecule has 0 radical (unpaired) electrons. The van der Waals surface area contributed by atoms with E-state index in [1.807, 2.05) is 6.92 Å². The van der Waals surface area contributed by atoms with Crippen molar-refractivity contribution < 1.29 is 9.18 Å². The van der Waals surface area contributed by atoms with Crippen LogP contribution in [0.15, 0.2) is 35.7 Å². The van der Waals surface area contributed by atoms with Gasteiger partial charge in [-0.05, 0) is 42.5 Å². The second kappa shape index (κ2) is 4.78. The molecule has 0 aliphatic carbocycles. The van der Waals surface area contributed by atoms with Gasteiger partial charge in [-0.15, -0.1) is 11.3 Å². The first kappa shape index (κ1) is 12.4. The molecule has 2 nitrogen and oxygen atoms in total. The fraction of sp³-hybridized carbons (Fsp3) is 0.267. The number of thiophene rings is 1. The zero-order valence-electron chi connectivity index (χ0n) is 10.6. The molecule has 0 bridgehead atoms. The fourth-order valence-corrected chi connectivity index (χ4v) is 3.54. The Kier molecular flexibility index (Phi) is 3.11. The van der Waals surface area contributed by atoms with Crippen molar-refractivity contribution in [2.45, 2.75) is 19.4 Å². The van der Waals surface area contributed by atoms with Crippen LogP contribution in [0.2, 0.25) is 0 Å². The number of carbonyl (C=O) groups excluding carboxylic acids is 1. The van der Waals surface area contributed by atoms with Gasteiger partial charge in [0.05, 0.1) is 11.6 Å². The minimum Gasteiger partial charge on any atom is -0.331 e. The lowest BCUT2D eigenvalue weighted by Gasteiger charge is -2.33. The van der Waals surface area contributed by atoms with Crippen molar-refractivity contribution >= 4 is 17.2 Å². The molecular weight excluding hydrogens is 261 g/mol. The van der Waals surface area contributed by atoms with Gasteiger partial charge in [-0.1, -0.05) is 12.1 Å². The number of halogens is 1. The van der Waals surface area contributed by atoms with E-state index >= 15 is 0 Å². The maximum Gasteiger partial charge on any atom is 0.257 e. The lowest BCUT2D eigenvalue weighted by molar-refractivity contribution is 0.0674. The highest BCUT2D eigenvalue weighted by Gasteiger charge is 2.29. The molecule has 0 saturated carbocycles. The smallest absolute Gasteiger partial charge is 0.257 e. The van der Waals surface area contributed by atoms with Gasteiger partial charge >= 0.3 is 0 Å². The quantitative estimate of drug-likeness (QED) is 0.778. The van der Waals surface area contributed by atoms with Gasteiger partial charge in [-0.2, -0.15) is 0 Å². The van der Waals surface area contributed by atoms with Crippen LogP contribution in [-0.2, 0) is 6.42 Å². The standard InChI is InChI=1S/C15H14FNOS/c1-10-11-7-9-19-14(11)6-8-17(10)15(18)12-4-2-3-5-13(12)16/h2-5,7,9-10H,6,8H2,1H3/t10-/m0/s1. The number of amides is 1. The molecule has 1 atom stereocenters. The minimum atomic E-state index is -0.448. The summed E-state index contributed by atoms with van der Waals surface area (Å²) in [7, 11) is 0. The SMILES string of the molecule is C[C@H]1c2ccsc2CCN1C(=O)c1ccccc1F. The van der Waals surface area contributed by atoms with Crippen molar-refractivity contribution in [1.82, 2.24) is 4.90 Å². The zero-order valence-corrected chi connectivity index (χ0v) is 11.4. The highest BCUT2D eigenvalue weighted by molar-refractivity contribution is 7.10. The molecule has 1 aliphatic heterocycles. The maximum absolute atomic E-state index is 13.7. The molecule has 98 valence electrons. The Balaban J connectivity index is 1.92. The molecule has 0 unspecified atom stereocenters. The lowest BCUT2D eigenvalue weighted by atomic mass is 10.0. The summed E-state index contributed by atoms with van der Waals surface area (Å²) in [4.78, 5) is 15.5. The number of hydrogen-bond acceptors (Lipinski definition) is 2. The van der Waals surface area contributed by atoms with Crippen molar-refractivity contribution in [2.75, 3.05) is 6.54 Å². The number of fused-ring (bicyclic) bond motifs is 1. The van der Waals surface area contributed by atoms with E-state index in [4.69, 9.17) is 0 Å². The van der Waals surface area contributed by atoms with Crippen LogP contribution in [-0.4, -0.2) is 17.4 Å². The van der Waals surface area contributed by atoms with E-state index in [9.17, 15) is 9.18 Å². The molecule has 2 heterocycles. The molecule has 0 saturated heterocycles. The Morgan fingerprint density at radius 1 is 1.37 bits per heavy atom. The van der Waals surface area contributed by atoms with Crippen molar-refractivity contribution in [3.05, 3.63) is 57.5 Å². The first-order chi connectivity index (χ1) is 9.18. The van der Waals surface area contributed by atoms with Gasteiger partial charge in [0.15, 0.2) is 0 Å². The van der Waals surface area contributed by atoms with Gasteiger partial charge < -0.3 is 4.90 Å². The van der Waals surface area contributed by atoms with Crippen molar-refractivity contribution in [1.29, 1.82) is 0 Å². The highest BCUT2D eigenvalue weighted by Crippen LogP contribution is 2.33. The Bertz CT molecular complexity index is 622. The summed E-state index contributed by atoms with van der Waals surface area (Å²) in [5.41, 5.74) is 1.36. The number of benzene rings is 1. The van der Waals surface area contributed by atoms with Crippen molar-refractivity contribution in [3.63, 3.8) is 0 Å². The van der Waals surface area contributed by atoms with Gasteiger partial charge in [0.1, 0.15) is 5.82 Å². The van der Waals surface area contributed by atoms with E-state index in [0.717, 1.165) is 6.42 Å². The van der Waals surface area contributed by atoms with Crippen LogP contribution in [0.4, 0.5) is 4.39 Å². The Hall–Kier alpha value is -1.68. The molecule has 1 aromatic heterocycles. The molecule has 19 heavy (non-hydrogen) atoms. The Labute approximate surface area is 115 Å². The molecule has 3 rings (SSSR count). The van der Waals surface area contributed by atoms with Crippen LogP contribution in [0.3, 0.4) is 0 Å². The summed E-state index contributed by atoms with van der Waals surface area (Å²) in [5.74, 6) is -0.668. The molecule has 2 aromatic rings. The van der Waals surface area contributed by atoms with Crippen LogP contribution < -0.4 is 0 Å². The lowest BCUT2D eigenvalue weighted by Crippen LogP contribution is -2.38. The van der Waals surface area contributed by atoms with Crippen LogP contribution in [0.25, 0.3) is 0 Å². The molecule has 0 fully saturated rings. The summed E-state index contributed by atoms with van der Waals surface area (Å²) >= 11 is 1.73. The van der Waals surface area contributed by atoms with Gasteiger partial charge in [0.25, 0.3) is 5.91 Å². The molecule has 0 spiro atoms. The molecule has 1 aromatic carbocycles. The van der Waals surface area contributed by atoms with Crippen LogP contribution in [0.5, 0.6) is 0 Å².